The van der Waals surface area contributed by atoms with Crippen LogP contribution in [0, 0.1) is 19.7 Å². The molecule has 1 aromatic heterocycles. The molecule has 0 aliphatic carbocycles. The van der Waals surface area contributed by atoms with Gasteiger partial charge in [0.25, 0.3) is 10.0 Å². The number of nitrogens with one attached hydrogen (secondary N) is 2. The summed E-state index contributed by atoms with van der Waals surface area (Å²) in [4.78, 5) is 0.0276. The number of hydrogen-bond donors (Lipinski definition) is 3. The number of aromatic amines is 1. The van der Waals surface area contributed by atoms with E-state index in [0.29, 0.717) is 17.0 Å². The molecule has 6 nitrogen and oxygen atoms in total. The zero-order valence-electron chi connectivity index (χ0n) is 11.1. The molecule has 2 rings (SSSR count). The van der Waals surface area contributed by atoms with E-state index in [0.717, 1.165) is 0 Å². The Bertz CT molecular complexity index is 720. The number of nitrogens with zero attached hydrogens (tertiary/aromatic N) is 1. The highest BCUT2D eigenvalue weighted by atomic mass is 32.2. The van der Waals surface area contributed by atoms with Gasteiger partial charge >= 0.3 is 0 Å². The first-order valence-electron chi connectivity index (χ1n) is 5.88. The predicted molar refractivity (Wildman–Crippen MR) is 73.2 cm³/mol. The van der Waals surface area contributed by atoms with Gasteiger partial charge in [-0.25, -0.2) is 12.8 Å². The Morgan fingerprint density at radius 3 is 2.60 bits per heavy atom. The van der Waals surface area contributed by atoms with Gasteiger partial charge in [-0.1, -0.05) is 6.07 Å². The molecule has 8 heteroatoms. The second kappa shape index (κ2) is 5.22. The topological polar surface area (TPSA) is 101 Å². The molecule has 0 amide bonds. The lowest BCUT2D eigenvalue weighted by molar-refractivity contribution is 0.597. The van der Waals surface area contributed by atoms with Crippen molar-refractivity contribution in [1.29, 1.82) is 0 Å². The molecule has 0 atom stereocenters. The standard InChI is InChI=1S/C12H15FN4O2S/c1-7-12(8(2)16-15-7)20(18,19)17-11-4-3-9(6-14)5-10(11)13/h3-5,17H,6,14H2,1-2H3,(H,15,16). The van der Waals surface area contributed by atoms with Crippen LogP contribution in [0.4, 0.5) is 10.1 Å². The van der Waals surface area contributed by atoms with Crippen molar-refractivity contribution in [3.05, 3.63) is 41.0 Å². The minimum absolute atomic E-state index is 0.0276. The van der Waals surface area contributed by atoms with Crippen molar-refractivity contribution in [1.82, 2.24) is 10.2 Å². The van der Waals surface area contributed by atoms with Crippen LogP contribution in [-0.2, 0) is 16.6 Å². The van der Waals surface area contributed by atoms with Gasteiger partial charge in [0.15, 0.2) is 0 Å². The second-order valence-electron chi connectivity index (χ2n) is 4.39. The number of aromatic nitrogens is 2. The summed E-state index contributed by atoms with van der Waals surface area (Å²) in [5.74, 6) is -0.671. The maximum Gasteiger partial charge on any atom is 0.265 e. The normalized spacial score (nSPS) is 11.6. The van der Waals surface area contributed by atoms with Crippen LogP contribution in [0.25, 0.3) is 0 Å². The molecule has 1 aromatic carbocycles. The minimum Gasteiger partial charge on any atom is -0.326 e. The third-order valence-electron chi connectivity index (χ3n) is 2.84. The Balaban J connectivity index is 2.39. The van der Waals surface area contributed by atoms with Crippen LogP contribution in [-0.4, -0.2) is 18.6 Å². The first-order valence-corrected chi connectivity index (χ1v) is 7.36. The lowest BCUT2D eigenvalue weighted by Crippen LogP contribution is -2.15. The second-order valence-corrected chi connectivity index (χ2v) is 6.01. The number of hydrogen-bond acceptors (Lipinski definition) is 4. The van der Waals surface area contributed by atoms with E-state index in [1.54, 1.807) is 19.9 Å². The zero-order chi connectivity index (χ0) is 14.9. The van der Waals surface area contributed by atoms with Crippen LogP contribution in [0.2, 0.25) is 0 Å². The number of sulfonamides is 1. The molecular weight excluding hydrogens is 283 g/mol. The number of H-pyrrole nitrogens is 1. The highest BCUT2D eigenvalue weighted by molar-refractivity contribution is 7.92. The Labute approximate surface area is 116 Å². The van der Waals surface area contributed by atoms with E-state index in [1.807, 2.05) is 0 Å². The third kappa shape index (κ3) is 2.66. The molecule has 2 aromatic rings. The largest absolute Gasteiger partial charge is 0.326 e. The van der Waals surface area contributed by atoms with Crippen LogP contribution >= 0.6 is 0 Å². The number of anilines is 1. The molecule has 0 radical (unpaired) electrons. The molecule has 0 saturated carbocycles. The summed E-state index contributed by atoms with van der Waals surface area (Å²) in [5, 5.41) is 6.40. The van der Waals surface area contributed by atoms with Gasteiger partial charge in [-0.15, -0.1) is 0 Å². The van der Waals surface area contributed by atoms with Gasteiger partial charge in [0.05, 0.1) is 17.1 Å². The highest BCUT2D eigenvalue weighted by Crippen LogP contribution is 2.23. The summed E-state index contributed by atoms with van der Waals surface area (Å²) >= 11 is 0. The quantitative estimate of drug-likeness (QED) is 0.794. The van der Waals surface area contributed by atoms with E-state index < -0.39 is 15.8 Å². The van der Waals surface area contributed by atoms with Crippen molar-refractivity contribution in [2.45, 2.75) is 25.3 Å². The summed E-state index contributed by atoms with van der Waals surface area (Å²) < 4.78 is 40.5. The van der Waals surface area contributed by atoms with Crippen LogP contribution < -0.4 is 10.5 Å². The van der Waals surface area contributed by atoms with Crippen molar-refractivity contribution in [3.8, 4) is 0 Å². The first-order chi connectivity index (χ1) is 9.35. The maximum absolute atomic E-state index is 13.8. The minimum atomic E-state index is -3.89. The van der Waals surface area contributed by atoms with Gasteiger partial charge < -0.3 is 5.73 Å². The van der Waals surface area contributed by atoms with E-state index in [2.05, 4.69) is 14.9 Å². The fourth-order valence-electron chi connectivity index (χ4n) is 1.90. The van der Waals surface area contributed by atoms with Gasteiger partial charge in [-0.3, -0.25) is 9.82 Å². The molecule has 0 aliphatic heterocycles. The lowest BCUT2D eigenvalue weighted by atomic mass is 10.2. The van der Waals surface area contributed by atoms with Crippen molar-refractivity contribution in [2.75, 3.05) is 4.72 Å². The molecule has 4 N–H and O–H groups in total. The molecule has 20 heavy (non-hydrogen) atoms. The summed E-state index contributed by atoms with van der Waals surface area (Å²) in [7, 11) is -3.89. The van der Waals surface area contributed by atoms with Crippen molar-refractivity contribution in [3.63, 3.8) is 0 Å². The van der Waals surface area contributed by atoms with E-state index in [1.165, 1.54) is 12.1 Å². The summed E-state index contributed by atoms with van der Waals surface area (Å²) in [5.41, 5.74) is 6.58. The molecular formula is C12H15FN4O2S. The Hall–Kier alpha value is -1.93. The molecule has 0 aliphatic rings. The summed E-state index contributed by atoms with van der Waals surface area (Å²) in [6, 6.07) is 4.11. The van der Waals surface area contributed by atoms with Gasteiger partial charge in [0.1, 0.15) is 10.7 Å². The number of benzene rings is 1. The number of rotatable bonds is 4. The fourth-order valence-corrected chi connectivity index (χ4v) is 3.34. The predicted octanol–water partition coefficient (Wildman–Crippen LogP) is 1.43. The highest BCUT2D eigenvalue weighted by Gasteiger charge is 2.23. The number of aryl methyl sites for hydroxylation is 2. The van der Waals surface area contributed by atoms with Crippen molar-refractivity contribution < 1.29 is 12.8 Å². The Kier molecular flexibility index (Phi) is 3.78. The van der Waals surface area contributed by atoms with Crippen molar-refractivity contribution in [2.24, 2.45) is 5.73 Å². The van der Waals surface area contributed by atoms with Gasteiger partial charge in [0, 0.05) is 6.54 Å². The van der Waals surface area contributed by atoms with Gasteiger partial charge in [-0.05, 0) is 31.5 Å². The molecule has 0 unspecified atom stereocenters. The Morgan fingerprint density at radius 1 is 1.40 bits per heavy atom. The maximum atomic E-state index is 13.8. The van der Waals surface area contributed by atoms with Crippen LogP contribution in [0.5, 0.6) is 0 Å². The molecule has 0 saturated heterocycles. The summed E-state index contributed by atoms with van der Waals surface area (Å²) in [6.07, 6.45) is 0. The number of halogens is 1. The number of nitrogens with two attached hydrogens (primary N) is 1. The molecule has 0 spiro atoms. The van der Waals surface area contributed by atoms with Crippen LogP contribution in [0.3, 0.4) is 0 Å². The molecule has 0 bridgehead atoms. The zero-order valence-corrected chi connectivity index (χ0v) is 11.9. The van der Waals surface area contributed by atoms with Crippen LogP contribution in [0.1, 0.15) is 17.0 Å². The van der Waals surface area contributed by atoms with Gasteiger partial charge in [0.2, 0.25) is 0 Å². The van der Waals surface area contributed by atoms with E-state index in [-0.39, 0.29) is 17.1 Å². The molecule has 0 fully saturated rings. The van der Waals surface area contributed by atoms with Crippen LogP contribution in [0.15, 0.2) is 23.1 Å². The SMILES string of the molecule is Cc1n[nH]c(C)c1S(=O)(=O)Nc1ccc(CN)cc1F. The fraction of sp³-hybridized carbons (Fsp3) is 0.250. The Morgan fingerprint density at radius 2 is 2.10 bits per heavy atom. The smallest absolute Gasteiger partial charge is 0.265 e. The first kappa shape index (κ1) is 14.5. The average Bonchev–Trinajstić information content (AvgIpc) is 2.72. The molecule has 108 valence electrons. The average molecular weight is 298 g/mol. The lowest BCUT2D eigenvalue weighted by Gasteiger charge is -2.10. The van der Waals surface area contributed by atoms with E-state index in [9.17, 15) is 12.8 Å². The van der Waals surface area contributed by atoms with Crippen molar-refractivity contribution >= 4 is 15.7 Å². The third-order valence-corrected chi connectivity index (χ3v) is 4.47. The monoisotopic (exact) mass is 298 g/mol. The van der Waals surface area contributed by atoms with Gasteiger partial charge in [-0.2, -0.15) is 5.10 Å². The summed E-state index contributed by atoms with van der Waals surface area (Å²) in [6.45, 7) is 3.33. The molecule has 1 heterocycles. The van der Waals surface area contributed by atoms with E-state index >= 15 is 0 Å². The van der Waals surface area contributed by atoms with E-state index in [4.69, 9.17) is 5.73 Å².